The van der Waals surface area contributed by atoms with Crippen molar-refractivity contribution in [2.24, 2.45) is 0 Å². The number of alkyl halides is 3. The Morgan fingerprint density at radius 3 is 2.57 bits per heavy atom. The predicted molar refractivity (Wildman–Crippen MR) is 45.3 cm³/mol. The van der Waals surface area contributed by atoms with Gasteiger partial charge in [-0.3, -0.25) is 0 Å². The van der Waals surface area contributed by atoms with E-state index >= 15 is 0 Å². The second kappa shape index (κ2) is 4.04. The van der Waals surface area contributed by atoms with Gasteiger partial charge in [-0.2, -0.15) is 0 Å². The van der Waals surface area contributed by atoms with Crippen LogP contribution in [0.3, 0.4) is 0 Å². The molecule has 2 nitrogen and oxygen atoms in total. The lowest BCUT2D eigenvalue weighted by molar-refractivity contribution is -0.276. The Bertz CT molecular complexity index is 327. The first-order chi connectivity index (χ1) is 6.40. The maximum Gasteiger partial charge on any atom is 0.574 e. The molecule has 78 valence electrons. The fraction of sp³-hybridized carbons (Fsp3) is 0.375. The monoisotopic (exact) mass is 225 g/mol. The van der Waals surface area contributed by atoms with Crippen LogP contribution in [0, 0.1) is 0 Å². The van der Waals surface area contributed by atoms with E-state index in [2.05, 4.69) is 9.72 Å². The second-order valence-electron chi connectivity index (χ2n) is 2.54. The van der Waals surface area contributed by atoms with E-state index in [0.717, 1.165) is 0 Å². The molecule has 0 saturated carbocycles. The van der Waals surface area contributed by atoms with Crippen LogP contribution >= 0.6 is 11.6 Å². The third-order valence-corrected chi connectivity index (χ3v) is 1.65. The highest BCUT2D eigenvalue weighted by Crippen LogP contribution is 2.23. The first kappa shape index (κ1) is 11.1. The molecule has 0 bridgehead atoms. The van der Waals surface area contributed by atoms with Crippen LogP contribution < -0.4 is 4.74 Å². The molecule has 0 aromatic carbocycles. The molecule has 0 aliphatic heterocycles. The first-order valence-electron chi connectivity index (χ1n) is 3.83. The molecular weight excluding hydrogens is 219 g/mol. The van der Waals surface area contributed by atoms with Crippen LogP contribution in [0.1, 0.15) is 12.5 Å². The lowest BCUT2D eigenvalue weighted by Gasteiger charge is -2.08. The highest BCUT2D eigenvalue weighted by Gasteiger charge is 2.31. The molecule has 0 saturated heterocycles. The molecule has 0 radical (unpaired) electrons. The number of aromatic nitrogens is 1. The van der Waals surface area contributed by atoms with E-state index in [0.29, 0.717) is 12.0 Å². The number of hydrogen-bond acceptors (Lipinski definition) is 2. The third-order valence-electron chi connectivity index (χ3n) is 1.46. The Balaban J connectivity index is 2.92. The number of hydrogen-bond donors (Lipinski definition) is 0. The van der Waals surface area contributed by atoms with Crippen molar-refractivity contribution in [2.45, 2.75) is 19.7 Å². The molecule has 0 spiro atoms. The molecule has 0 amide bonds. The fourth-order valence-corrected chi connectivity index (χ4v) is 1.12. The quantitative estimate of drug-likeness (QED) is 0.721. The van der Waals surface area contributed by atoms with Crippen molar-refractivity contribution in [1.82, 2.24) is 4.98 Å². The van der Waals surface area contributed by atoms with Gasteiger partial charge >= 0.3 is 6.36 Å². The van der Waals surface area contributed by atoms with Crippen LogP contribution in [-0.4, -0.2) is 11.3 Å². The van der Waals surface area contributed by atoms with Crippen molar-refractivity contribution in [3.8, 4) is 5.88 Å². The Labute approximate surface area is 83.7 Å². The zero-order chi connectivity index (χ0) is 10.8. The van der Waals surface area contributed by atoms with Gasteiger partial charge in [-0.15, -0.1) is 13.2 Å². The lowest BCUT2D eigenvalue weighted by Crippen LogP contribution is -2.18. The largest absolute Gasteiger partial charge is 0.574 e. The minimum Gasteiger partial charge on any atom is -0.388 e. The lowest BCUT2D eigenvalue weighted by atomic mass is 10.2. The maximum absolute atomic E-state index is 11.8. The van der Waals surface area contributed by atoms with Gasteiger partial charge in [0.2, 0.25) is 5.88 Å². The van der Waals surface area contributed by atoms with Crippen molar-refractivity contribution in [1.29, 1.82) is 0 Å². The Hall–Kier alpha value is -0.970. The molecule has 1 rings (SSSR count). The summed E-state index contributed by atoms with van der Waals surface area (Å²) in [6.45, 7) is 1.79. The average Bonchev–Trinajstić information content (AvgIpc) is 1.99. The van der Waals surface area contributed by atoms with Crippen molar-refractivity contribution in [3.63, 3.8) is 0 Å². The zero-order valence-electron chi connectivity index (χ0n) is 7.23. The van der Waals surface area contributed by atoms with Crippen molar-refractivity contribution in [3.05, 3.63) is 22.8 Å². The molecular formula is C8H7ClF3NO. The smallest absolute Gasteiger partial charge is 0.388 e. The fourth-order valence-electron chi connectivity index (χ4n) is 0.898. The number of pyridine rings is 1. The summed E-state index contributed by atoms with van der Waals surface area (Å²) in [5.41, 5.74) is 0.643. The summed E-state index contributed by atoms with van der Waals surface area (Å²) in [6.07, 6.45) is -4.17. The van der Waals surface area contributed by atoms with Crippen molar-refractivity contribution in [2.75, 3.05) is 0 Å². The Morgan fingerprint density at radius 2 is 2.07 bits per heavy atom. The van der Waals surface area contributed by atoms with Crippen LogP contribution in [0.4, 0.5) is 13.2 Å². The van der Waals surface area contributed by atoms with Gasteiger partial charge in [-0.25, -0.2) is 4.98 Å². The van der Waals surface area contributed by atoms with E-state index in [1.807, 2.05) is 0 Å². The van der Waals surface area contributed by atoms with Gasteiger partial charge in [0.1, 0.15) is 5.15 Å². The molecule has 0 atom stereocenters. The average molecular weight is 226 g/mol. The van der Waals surface area contributed by atoms with Gasteiger partial charge in [0.05, 0.1) is 0 Å². The van der Waals surface area contributed by atoms with Crippen LogP contribution in [0.15, 0.2) is 12.1 Å². The van der Waals surface area contributed by atoms with E-state index in [1.54, 1.807) is 6.92 Å². The van der Waals surface area contributed by atoms with Gasteiger partial charge in [0.25, 0.3) is 0 Å². The molecule has 1 aromatic heterocycles. The van der Waals surface area contributed by atoms with E-state index in [9.17, 15) is 13.2 Å². The number of aryl methyl sites for hydroxylation is 1. The van der Waals surface area contributed by atoms with Crippen LogP contribution in [0.5, 0.6) is 5.88 Å². The van der Waals surface area contributed by atoms with E-state index in [4.69, 9.17) is 11.6 Å². The first-order valence-corrected chi connectivity index (χ1v) is 4.20. The summed E-state index contributed by atoms with van der Waals surface area (Å²) < 4.78 is 39.0. The van der Waals surface area contributed by atoms with Gasteiger partial charge in [-0.05, 0) is 18.1 Å². The predicted octanol–water partition coefficient (Wildman–Crippen LogP) is 3.20. The molecule has 1 aromatic rings. The number of halogens is 4. The van der Waals surface area contributed by atoms with Crippen LogP contribution in [-0.2, 0) is 6.42 Å². The summed E-state index contributed by atoms with van der Waals surface area (Å²) in [5.74, 6) is -0.526. The SMILES string of the molecule is CCc1cc(Cl)nc(OC(F)(F)F)c1. The zero-order valence-corrected chi connectivity index (χ0v) is 7.99. The highest BCUT2D eigenvalue weighted by atomic mass is 35.5. The Kier molecular flexibility index (Phi) is 3.21. The number of nitrogens with zero attached hydrogens (tertiary/aromatic N) is 1. The standard InChI is InChI=1S/C8H7ClF3NO/c1-2-5-3-6(9)13-7(4-5)14-8(10,11)12/h3-4H,2H2,1H3. The summed E-state index contributed by atoms with van der Waals surface area (Å²) in [5, 5.41) is -0.0106. The van der Waals surface area contributed by atoms with Gasteiger partial charge < -0.3 is 4.74 Å². The number of rotatable bonds is 2. The van der Waals surface area contributed by atoms with E-state index < -0.39 is 12.2 Å². The van der Waals surface area contributed by atoms with E-state index in [-0.39, 0.29) is 5.15 Å². The van der Waals surface area contributed by atoms with Crippen LogP contribution in [0.2, 0.25) is 5.15 Å². The second-order valence-corrected chi connectivity index (χ2v) is 2.92. The maximum atomic E-state index is 11.8. The molecule has 0 aliphatic rings. The Morgan fingerprint density at radius 1 is 1.43 bits per heavy atom. The minimum absolute atomic E-state index is 0.0106. The molecule has 14 heavy (non-hydrogen) atoms. The molecule has 0 fully saturated rings. The van der Waals surface area contributed by atoms with E-state index in [1.165, 1.54) is 12.1 Å². The molecule has 1 heterocycles. The minimum atomic E-state index is -4.73. The van der Waals surface area contributed by atoms with Crippen molar-refractivity contribution >= 4 is 11.6 Å². The number of ether oxygens (including phenoxy) is 1. The summed E-state index contributed by atoms with van der Waals surface area (Å²) in [6, 6.07) is 2.70. The topological polar surface area (TPSA) is 22.1 Å². The molecule has 6 heteroatoms. The molecule has 0 N–H and O–H groups in total. The van der Waals surface area contributed by atoms with Gasteiger partial charge in [0, 0.05) is 6.07 Å². The van der Waals surface area contributed by atoms with Crippen LogP contribution in [0.25, 0.3) is 0 Å². The highest BCUT2D eigenvalue weighted by molar-refractivity contribution is 6.29. The molecule has 0 aliphatic carbocycles. The van der Waals surface area contributed by atoms with Gasteiger partial charge in [-0.1, -0.05) is 18.5 Å². The summed E-state index contributed by atoms with van der Waals surface area (Å²) in [7, 11) is 0. The van der Waals surface area contributed by atoms with Crippen molar-refractivity contribution < 1.29 is 17.9 Å². The van der Waals surface area contributed by atoms with Gasteiger partial charge in [0.15, 0.2) is 0 Å². The third kappa shape index (κ3) is 3.41. The normalized spacial score (nSPS) is 11.5. The molecule has 0 unspecified atom stereocenters. The summed E-state index contributed by atoms with van der Waals surface area (Å²) in [4.78, 5) is 3.39. The summed E-state index contributed by atoms with van der Waals surface area (Å²) >= 11 is 5.50.